The molecule has 16 nitrogen and oxygen atoms in total. The molecule has 0 aliphatic heterocycles. The Hall–Kier alpha value is -4.12. The Balaban J connectivity index is 1.81. The van der Waals surface area contributed by atoms with Crippen molar-refractivity contribution >= 4 is 46.9 Å². The molecule has 3 aliphatic rings. The highest BCUT2D eigenvalue weighted by atomic mass is 16.4. The van der Waals surface area contributed by atoms with Crippen molar-refractivity contribution in [1.29, 1.82) is 0 Å². The summed E-state index contributed by atoms with van der Waals surface area (Å²) < 4.78 is 0. The van der Waals surface area contributed by atoms with Crippen molar-refractivity contribution in [1.82, 2.24) is 21.3 Å². The van der Waals surface area contributed by atoms with Gasteiger partial charge in [-0.25, -0.2) is 0 Å². The molecule has 2 amide bonds. The van der Waals surface area contributed by atoms with E-state index >= 15 is 0 Å². The quantitative estimate of drug-likeness (QED) is 0.0521. The van der Waals surface area contributed by atoms with Crippen molar-refractivity contribution in [2.24, 2.45) is 23.2 Å². The van der Waals surface area contributed by atoms with Crippen molar-refractivity contribution in [3.8, 4) is 0 Å². The first-order chi connectivity index (χ1) is 22.7. The summed E-state index contributed by atoms with van der Waals surface area (Å²) in [5.74, 6) is -6.22. The van der Waals surface area contributed by atoms with Crippen LogP contribution in [0.3, 0.4) is 0 Å². The van der Waals surface area contributed by atoms with E-state index in [-0.39, 0.29) is 87.7 Å². The monoisotopic (exact) mass is 676 g/mol. The summed E-state index contributed by atoms with van der Waals surface area (Å²) in [7, 11) is 0. The van der Waals surface area contributed by atoms with Crippen LogP contribution >= 0.6 is 0 Å². The first kappa shape index (κ1) is 38.3. The van der Waals surface area contributed by atoms with Gasteiger partial charge >= 0.3 is 11.9 Å². The third-order valence-corrected chi connectivity index (χ3v) is 9.11. The first-order valence-electron chi connectivity index (χ1n) is 16.1. The fourth-order valence-electron chi connectivity index (χ4n) is 6.35. The van der Waals surface area contributed by atoms with E-state index in [1.165, 1.54) is 12.2 Å². The smallest absolute Gasteiger partial charge is 0.303 e. The molecule has 0 aromatic rings. The van der Waals surface area contributed by atoms with Gasteiger partial charge in [-0.1, -0.05) is 6.92 Å². The maximum Gasteiger partial charge on any atom is 0.303 e. The Bertz CT molecular complexity index is 1320. The highest BCUT2D eigenvalue weighted by molar-refractivity contribution is 6.11. The van der Waals surface area contributed by atoms with Gasteiger partial charge in [0.1, 0.15) is 18.5 Å². The third-order valence-electron chi connectivity index (χ3n) is 9.11. The number of ketones is 4. The van der Waals surface area contributed by atoms with Crippen LogP contribution in [0.25, 0.3) is 0 Å². The lowest BCUT2D eigenvalue weighted by Gasteiger charge is -2.35. The van der Waals surface area contributed by atoms with Gasteiger partial charge in [-0.15, -0.1) is 0 Å². The van der Waals surface area contributed by atoms with Crippen LogP contribution in [0.5, 0.6) is 0 Å². The van der Waals surface area contributed by atoms with Gasteiger partial charge in [0.2, 0.25) is 11.8 Å². The van der Waals surface area contributed by atoms with Gasteiger partial charge < -0.3 is 31.1 Å². The molecule has 1 saturated carbocycles. The zero-order valence-corrected chi connectivity index (χ0v) is 26.7. The van der Waals surface area contributed by atoms with Crippen LogP contribution in [0.4, 0.5) is 0 Å². The average molecular weight is 677 g/mol. The van der Waals surface area contributed by atoms with E-state index in [1.807, 2.05) is 0 Å². The Morgan fingerprint density at radius 1 is 0.896 bits per heavy atom. The molecule has 0 saturated heterocycles. The van der Waals surface area contributed by atoms with Crippen molar-refractivity contribution in [2.45, 2.75) is 89.3 Å². The Labute approximate surface area is 276 Å². The summed E-state index contributed by atoms with van der Waals surface area (Å²) in [6.45, 7) is 1.49. The highest BCUT2D eigenvalue weighted by Gasteiger charge is 2.58. The minimum atomic E-state index is -1.67. The molecule has 264 valence electrons. The predicted molar refractivity (Wildman–Crippen MR) is 166 cm³/mol. The zero-order valence-electron chi connectivity index (χ0n) is 26.7. The number of fused-ring (bicyclic) bond motifs is 1. The molecule has 0 aromatic heterocycles. The molecule has 0 heterocycles. The molecule has 7 unspecified atom stereocenters. The minimum absolute atomic E-state index is 0.0107. The minimum Gasteiger partial charge on any atom is -0.481 e. The van der Waals surface area contributed by atoms with Gasteiger partial charge in [0.25, 0.3) is 0 Å². The van der Waals surface area contributed by atoms with E-state index in [1.54, 1.807) is 6.92 Å². The van der Waals surface area contributed by atoms with Crippen LogP contribution in [0.2, 0.25) is 0 Å². The molecule has 1 fully saturated rings. The molecular formula is C32H44N4O12. The second-order valence-electron chi connectivity index (χ2n) is 12.5. The lowest BCUT2D eigenvalue weighted by atomic mass is 9.71. The van der Waals surface area contributed by atoms with E-state index in [0.29, 0.717) is 0 Å². The molecule has 3 rings (SSSR count). The average Bonchev–Trinajstić information content (AvgIpc) is 3.77. The number of carbonyl (C=O) groups excluding carboxylic acids is 6. The van der Waals surface area contributed by atoms with E-state index in [0.717, 1.165) is 12.2 Å². The van der Waals surface area contributed by atoms with Gasteiger partial charge in [-0.05, 0) is 68.9 Å². The molecule has 48 heavy (non-hydrogen) atoms. The van der Waals surface area contributed by atoms with Gasteiger partial charge in [-0.3, -0.25) is 49.0 Å². The van der Waals surface area contributed by atoms with Crippen LogP contribution in [-0.2, 0) is 38.4 Å². The lowest BCUT2D eigenvalue weighted by molar-refractivity contribution is -0.138. The SMILES string of the molecule is CCC1(CC(=O)NC(C(=O)NCCCC(=O)O)C(NC(O)CCC2C3C(=O)C=CC(=O)[C@@H]23)C(O)NCCCC(=O)O)CC(=O)C=CC1=O. The summed E-state index contributed by atoms with van der Waals surface area (Å²) in [6.07, 6.45) is 0.921. The van der Waals surface area contributed by atoms with Gasteiger partial charge in [0.05, 0.1) is 6.04 Å². The van der Waals surface area contributed by atoms with Crippen LogP contribution in [0.1, 0.15) is 64.7 Å². The number of aliphatic hydroxyl groups excluding tert-OH is 2. The number of carbonyl (C=O) groups is 8. The number of rotatable bonds is 21. The van der Waals surface area contributed by atoms with Crippen LogP contribution in [-0.4, -0.2) is 105 Å². The zero-order chi connectivity index (χ0) is 35.6. The molecule has 16 heteroatoms. The summed E-state index contributed by atoms with van der Waals surface area (Å²) in [6, 6.07) is -3.10. The van der Waals surface area contributed by atoms with Gasteiger partial charge in [0, 0.05) is 49.5 Å². The summed E-state index contributed by atoms with van der Waals surface area (Å²) >= 11 is 0. The van der Waals surface area contributed by atoms with Gasteiger partial charge in [0.15, 0.2) is 23.1 Å². The van der Waals surface area contributed by atoms with Crippen molar-refractivity contribution in [3.63, 3.8) is 0 Å². The highest BCUT2D eigenvalue weighted by Crippen LogP contribution is 2.52. The van der Waals surface area contributed by atoms with E-state index < -0.39 is 77.7 Å². The van der Waals surface area contributed by atoms with E-state index in [9.17, 15) is 48.6 Å². The molecule has 0 radical (unpaired) electrons. The lowest BCUT2D eigenvalue weighted by Crippen LogP contribution is -2.66. The van der Waals surface area contributed by atoms with Crippen molar-refractivity contribution in [2.75, 3.05) is 13.1 Å². The summed E-state index contributed by atoms with van der Waals surface area (Å²) in [5, 5.41) is 50.5. The number of allylic oxidation sites excluding steroid dienone is 4. The molecule has 3 aliphatic carbocycles. The van der Waals surface area contributed by atoms with Crippen LogP contribution < -0.4 is 21.3 Å². The van der Waals surface area contributed by atoms with E-state index in [4.69, 9.17) is 10.2 Å². The Morgan fingerprint density at radius 3 is 2.08 bits per heavy atom. The number of amides is 2. The molecule has 0 bridgehead atoms. The largest absolute Gasteiger partial charge is 0.481 e. The Morgan fingerprint density at radius 2 is 1.50 bits per heavy atom. The number of carboxylic acid groups (broad SMARTS) is 2. The molecule has 8 N–H and O–H groups in total. The van der Waals surface area contributed by atoms with Crippen LogP contribution in [0.15, 0.2) is 24.3 Å². The number of hydrogen-bond donors (Lipinski definition) is 8. The number of nitrogens with one attached hydrogen (secondary N) is 4. The predicted octanol–water partition coefficient (Wildman–Crippen LogP) is -1.26. The van der Waals surface area contributed by atoms with Gasteiger partial charge in [-0.2, -0.15) is 0 Å². The molecule has 0 aromatic carbocycles. The second kappa shape index (κ2) is 17.3. The number of hydrogen-bond acceptors (Lipinski definition) is 12. The first-order valence-corrected chi connectivity index (χ1v) is 16.1. The summed E-state index contributed by atoms with van der Waals surface area (Å²) in [5.41, 5.74) is -1.36. The fourth-order valence-corrected chi connectivity index (χ4v) is 6.35. The maximum absolute atomic E-state index is 13.5. The van der Waals surface area contributed by atoms with E-state index in [2.05, 4.69) is 21.3 Å². The number of aliphatic hydroxyl groups is 2. The summed E-state index contributed by atoms with van der Waals surface area (Å²) in [4.78, 5) is 98.2. The third kappa shape index (κ3) is 10.4. The Kier molecular flexibility index (Phi) is 13.8. The number of aliphatic carboxylic acids is 2. The normalized spacial score (nSPS) is 25.5. The fraction of sp³-hybridized carbons (Fsp3) is 0.625. The van der Waals surface area contributed by atoms with Crippen molar-refractivity contribution < 1.29 is 58.8 Å². The van der Waals surface area contributed by atoms with Crippen molar-refractivity contribution in [3.05, 3.63) is 24.3 Å². The topological polar surface area (TPSA) is 266 Å². The standard InChI is InChI=1S/C32H44N4O12/c1-2-32(15-17(37)7-11-21(32)40)16-23(42)36-29(31(48)34-14-4-6-25(45)46)28(30(47)33-13-3-5-24(43)44)35-22(41)12-8-18-26-19(38)9-10-20(39)27(18)26/h7,9-11,18,22,26-30,33,35,41,47H,2-6,8,12-16H2,1H3,(H,34,48)(H,36,42)(H,43,44)(H,45,46)/t18?,22?,26-,27?,28?,29?,30?,32?/m1/s1. The van der Waals surface area contributed by atoms with Crippen LogP contribution in [0, 0.1) is 23.2 Å². The molecule has 0 spiro atoms. The molecule has 8 atom stereocenters. The number of carboxylic acids is 2. The maximum atomic E-state index is 13.5. The molecular weight excluding hydrogens is 632 g/mol. The second-order valence-corrected chi connectivity index (χ2v) is 12.5.